The number of amides is 2. The van der Waals surface area contributed by atoms with E-state index < -0.39 is 0 Å². The van der Waals surface area contributed by atoms with Crippen LogP contribution in [0.5, 0.6) is 0 Å². The number of hydrogen-bond donors (Lipinski definition) is 1. The number of nitrogens with zero attached hydrogens (tertiary/aromatic N) is 1. The smallest absolute Gasteiger partial charge is 0.226 e. The maximum Gasteiger partial charge on any atom is 0.226 e. The fraction of sp³-hybridized carbons (Fsp3) is 0.619. The zero-order chi connectivity index (χ0) is 18.7. The van der Waals surface area contributed by atoms with Gasteiger partial charge in [0, 0.05) is 29.5 Å². The highest BCUT2D eigenvalue weighted by Gasteiger charge is 2.47. The molecule has 3 rings (SSSR count). The molecule has 2 aliphatic rings. The van der Waals surface area contributed by atoms with Crippen molar-refractivity contribution in [3.63, 3.8) is 0 Å². The fourth-order valence-corrected chi connectivity index (χ4v) is 4.36. The van der Waals surface area contributed by atoms with E-state index in [1.165, 1.54) is 5.56 Å². The highest BCUT2D eigenvalue weighted by molar-refractivity contribution is 9.10. The van der Waals surface area contributed by atoms with Crippen LogP contribution in [-0.4, -0.2) is 35.8 Å². The summed E-state index contributed by atoms with van der Waals surface area (Å²) in [5.74, 6) is 0.686. The molecule has 4 nitrogen and oxygen atoms in total. The summed E-state index contributed by atoms with van der Waals surface area (Å²) in [5.41, 5.74) is 1.23. The number of benzene rings is 1. The molecule has 1 aliphatic carbocycles. The maximum atomic E-state index is 13.1. The molecule has 0 aromatic heterocycles. The van der Waals surface area contributed by atoms with Gasteiger partial charge in [0.2, 0.25) is 11.8 Å². The van der Waals surface area contributed by atoms with Gasteiger partial charge in [-0.3, -0.25) is 9.59 Å². The molecule has 2 fully saturated rings. The van der Waals surface area contributed by atoms with E-state index in [0.29, 0.717) is 12.5 Å². The van der Waals surface area contributed by atoms with Crippen LogP contribution in [0.2, 0.25) is 0 Å². The van der Waals surface area contributed by atoms with Crippen molar-refractivity contribution in [3.8, 4) is 0 Å². The van der Waals surface area contributed by atoms with E-state index in [1.54, 1.807) is 0 Å². The molecule has 0 bridgehead atoms. The molecule has 0 radical (unpaired) electrons. The highest BCUT2D eigenvalue weighted by atomic mass is 79.9. The normalized spacial score (nSPS) is 27.9. The first kappa shape index (κ1) is 19.4. The van der Waals surface area contributed by atoms with E-state index in [0.717, 1.165) is 43.1 Å². The van der Waals surface area contributed by atoms with E-state index in [4.69, 9.17) is 0 Å². The van der Waals surface area contributed by atoms with Crippen LogP contribution in [0.1, 0.15) is 57.4 Å². The van der Waals surface area contributed by atoms with Crippen molar-refractivity contribution in [3.05, 3.63) is 34.3 Å². The molecule has 1 saturated carbocycles. The lowest BCUT2D eigenvalue weighted by molar-refractivity contribution is -0.139. The number of halogens is 1. The second kappa shape index (κ2) is 8.55. The van der Waals surface area contributed by atoms with E-state index in [9.17, 15) is 9.59 Å². The third kappa shape index (κ3) is 4.48. The monoisotopic (exact) mass is 420 g/mol. The van der Waals surface area contributed by atoms with Gasteiger partial charge < -0.3 is 10.2 Å². The van der Waals surface area contributed by atoms with Crippen LogP contribution in [0.4, 0.5) is 0 Å². The summed E-state index contributed by atoms with van der Waals surface area (Å²) in [6, 6.07) is 8.48. The number of unbranched alkanes of at least 4 members (excludes halogenated alkanes) is 1. The maximum absolute atomic E-state index is 13.1. The van der Waals surface area contributed by atoms with Gasteiger partial charge in [-0.1, -0.05) is 41.4 Å². The largest absolute Gasteiger partial charge is 0.356 e. The Morgan fingerprint density at radius 1 is 1.31 bits per heavy atom. The Kier molecular flexibility index (Phi) is 6.38. The number of piperidine rings is 1. The molecule has 4 atom stereocenters. The zero-order valence-electron chi connectivity index (χ0n) is 15.7. The van der Waals surface area contributed by atoms with Crippen molar-refractivity contribution in [1.29, 1.82) is 0 Å². The predicted molar refractivity (Wildman–Crippen MR) is 107 cm³/mol. The molecule has 4 unspecified atom stereocenters. The number of likely N-dealkylation sites (tertiary alicyclic amines) is 1. The molecule has 0 spiro atoms. The SMILES string of the molecule is CCCCNC(=O)C1CCC(C)N(C(=O)C2CC2c2cccc(Br)c2)C1. The summed E-state index contributed by atoms with van der Waals surface area (Å²) < 4.78 is 1.06. The zero-order valence-corrected chi connectivity index (χ0v) is 17.3. The fourth-order valence-electron chi connectivity index (χ4n) is 3.95. The molecule has 142 valence electrons. The topological polar surface area (TPSA) is 49.4 Å². The van der Waals surface area contributed by atoms with E-state index in [2.05, 4.69) is 47.2 Å². The molecule has 1 N–H and O–H groups in total. The van der Waals surface area contributed by atoms with Crippen molar-refractivity contribution in [1.82, 2.24) is 10.2 Å². The van der Waals surface area contributed by atoms with Gasteiger partial charge in [0.05, 0.1) is 5.92 Å². The van der Waals surface area contributed by atoms with Crippen molar-refractivity contribution in [2.45, 2.75) is 57.9 Å². The van der Waals surface area contributed by atoms with Gasteiger partial charge in [-0.05, 0) is 56.2 Å². The van der Waals surface area contributed by atoms with Crippen molar-refractivity contribution in [2.75, 3.05) is 13.1 Å². The lowest BCUT2D eigenvalue weighted by Crippen LogP contribution is -2.50. The van der Waals surface area contributed by atoms with Gasteiger partial charge in [0.15, 0.2) is 0 Å². The van der Waals surface area contributed by atoms with Crippen LogP contribution in [0, 0.1) is 11.8 Å². The third-order valence-electron chi connectivity index (χ3n) is 5.75. The number of nitrogens with one attached hydrogen (secondary N) is 1. The van der Waals surface area contributed by atoms with Gasteiger partial charge in [0.25, 0.3) is 0 Å². The van der Waals surface area contributed by atoms with Gasteiger partial charge in [-0.15, -0.1) is 0 Å². The van der Waals surface area contributed by atoms with Gasteiger partial charge in [-0.2, -0.15) is 0 Å². The van der Waals surface area contributed by atoms with Crippen LogP contribution in [0.15, 0.2) is 28.7 Å². The minimum atomic E-state index is -0.0601. The lowest BCUT2D eigenvalue weighted by atomic mass is 9.92. The first-order valence-electron chi connectivity index (χ1n) is 9.85. The van der Waals surface area contributed by atoms with Gasteiger partial charge in [0.1, 0.15) is 0 Å². The Labute approximate surface area is 164 Å². The summed E-state index contributed by atoms with van der Waals surface area (Å²) in [5, 5.41) is 3.03. The van der Waals surface area contributed by atoms with Crippen molar-refractivity contribution < 1.29 is 9.59 Å². The lowest BCUT2D eigenvalue weighted by Gasteiger charge is -2.37. The molecular weight excluding hydrogens is 392 g/mol. The van der Waals surface area contributed by atoms with Crippen LogP contribution < -0.4 is 5.32 Å². The Hall–Kier alpha value is -1.36. The summed E-state index contributed by atoms with van der Waals surface area (Å²) in [6.07, 6.45) is 4.79. The first-order valence-corrected chi connectivity index (χ1v) is 10.6. The average molecular weight is 421 g/mol. The molecule has 5 heteroatoms. The number of rotatable bonds is 6. The summed E-state index contributed by atoms with van der Waals surface area (Å²) in [4.78, 5) is 27.4. The molecule has 26 heavy (non-hydrogen) atoms. The Morgan fingerprint density at radius 2 is 2.12 bits per heavy atom. The Bertz CT molecular complexity index is 663. The minimum absolute atomic E-state index is 0.0601. The predicted octanol–water partition coefficient (Wildman–Crippen LogP) is 4.10. The van der Waals surface area contributed by atoms with E-state index in [1.807, 2.05) is 17.0 Å². The van der Waals surface area contributed by atoms with Crippen LogP contribution >= 0.6 is 15.9 Å². The number of hydrogen-bond acceptors (Lipinski definition) is 2. The molecule has 1 aromatic rings. The van der Waals surface area contributed by atoms with Crippen LogP contribution in [0.25, 0.3) is 0 Å². The molecular formula is C21H29BrN2O2. The second-order valence-corrected chi connectivity index (χ2v) is 8.68. The summed E-state index contributed by atoms with van der Waals surface area (Å²) in [6.45, 7) is 5.54. The van der Waals surface area contributed by atoms with Crippen LogP contribution in [-0.2, 0) is 9.59 Å². The average Bonchev–Trinajstić information content (AvgIpc) is 3.42. The third-order valence-corrected chi connectivity index (χ3v) is 6.24. The Morgan fingerprint density at radius 3 is 2.85 bits per heavy atom. The van der Waals surface area contributed by atoms with Gasteiger partial charge >= 0.3 is 0 Å². The van der Waals surface area contributed by atoms with E-state index >= 15 is 0 Å². The Balaban J connectivity index is 1.59. The highest BCUT2D eigenvalue weighted by Crippen LogP contribution is 2.49. The summed E-state index contributed by atoms with van der Waals surface area (Å²) in [7, 11) is 0. The van der Waals surface area contributed by atoms with Gasteiger partial charge in [-0.25, -0.2) is 0 Å². The first-order chi connectivity index (χ1) is 12.5. The summed E-state index contributed by atoms with van der Waals surface area (Å²) >= 11 is 3.51. The molecule has 1 aliphatic heterocycles. The van der Waals surface area contributed by atoms with E-state index in [-0.39, 0.29) is 29.7 Å². The quantitative estimate of drug-likeness (QED) is 0.704. The molecule has 1 aromatic carbocycles. The number of carbonyl (C=O) groups is 2. The standard InChI is InChI=1S/C21H29BrN2O2/c1-3-4-10-23-20(25)16-9-8-14(2)24(13-16)21(26)19-12-18(19)15-6-5-7-17(22)11-15/h5-7,11,14,16,18-19H,3-4,8-10,12-13H2,1-2H3,(H,23,25). The number of carbonyl (C=O) groups excluding carboxylic acids is 2. The van der Waals surface area contributed by atoms with Crippen LogP contribution in [0.3, 0.4) is 0 Å². The second-order valence-electron chi connectivity index (χ2n) is 7.76. The van der Waals surface area contributed by atoms with Crippen molar-refractivity contribution >= 4 is 27.7 Å². The molecule has 1 saturated heterocycles. The molecule has 2 amide bonds. The molecule has 1 heterocycles. The minimum Gasteiger partial charge on any atom is -0.356 e. The van der Waals surface area contributed by atoms with Crippen molar-refractivity contribution in [2.24, 2.45) is 11.8 Å².